The molecule has 4 nitrogen and oxygen atoms in total. The van der Waals surface area contributed by atoms with Crippen molar-refractivity contribution in [1.29, 1.82) is 0 Å². The van der Waals surface area contributed by atoms with Crippen molar-refractivity contribution in [3.63, 3.8) is 0 Å². The molecule has 0 unspecified atom stereocenters. The van der Waals surface area contributed by atoms with Crippen LogP contribution in [0.5, 0.6) is 0 Å². The monoisotopic (exact) mass is 410 g/mol. The molecular formula is C19H20Cl2N2O2S. The molecule has 0 radical (unpaired) electrons. The Morgan fingerprint density at radius 1 is 1.04 bits per heavy atom. The van der Waals surface area contributed by atoms with Gasteiger partial charge in [0.25, 0.3) is 5.91 Å². The van der Waals surface area contributed by atoms with Crippen LogP contribution in [0, 0.1) is 0 Å². The molecule has 0 aliphatic carbocycles. The molecular weight excluding hydrogens is 391 g/mol. The van der Waals surface area contributed by atoms with Crippen LogP contribution in [0.3, 0.4) is 0 Å². The van der Waals surface area contributed by atoms with Crippen LogP contribution in [-0.2, 0) is 10.5 Å². The lowest BCUT2D eigenvalue weighted by Crippen LogP contribution is -2.37. The molecule has 2 aromatic carbocycles. The van der Waals surface area contributed by atoms with Crippen molar-refractivity contribution in [1.82, 2.24) is 9.80 Å². The first kappa shape index (κ1) is 20.6. The maximum atomic E-state index is 12.5. The summed E-state index contributed by atoms with van der Waals surface area (Å²) in [4.78, 5) is 28.1. The van der Waals surface area contributed by atoms with Gasteiger partial charge in [-0.2, -0.15) is 0 Å². The molecule has 0 N–H and O–H groups in total. The highest BCUT2D eigenvalue weighted by Crippen LogP contribution is 2.32. The van der Waals surface area contributed by atoms with Crippen LogP contribution in [0.4, 0.5) is 0 Å². The molecule has 2 amide bonds. The number of halogens is 2. The lowest BCUT2D eigenvalue weighted by Gasteiger charge is -2.19. The molecule has 0 heterocycles. The average Bonchev–Trinajstić information content (AvgIpc) is 2.61. The topological polar surface area (TPSA) is 40.6 Å². The van der Waals surface area contributed by atoms with Crippen molar-refractivity contribution in [2.24, 2.45) is 0 Å². The molecule has 0 atom stereocenters. The second-order valence-corrected chi connectivity index (χ2v) is 7.87. The van der Waals surface area contributed by atoms with E-state index in [1.54, 1.807) is 51.1 Å². The summed E-state index contributed by atoms with van der Waals surface area (Å²) in [5.41, 5.74) is 1.54. The van der Waals surface area contributed by atoms with Gasteiger partial charge in [-0.3, -0.25) is 9.59 Å². The zero-order chi connectivity index (χ0) is 19.3. The third-order valence-corrected chi connectivity index (χ3v) is 5.48. The van der Waals surface area contributed by atoms with Crippen LogP contribution in [-0.4, -0.2) is 49.3 Å². The molecule has 0 spiro atoms. The molecule has 0 saturated heterocycles. The highest BCUT2D eigenvalue weighted by Gasteiger charge is 2.16. The van der Waals surface area contributed by atoms with Gasteiger partial charge in [-0.05, 0) is 35.9 Å². The van der Waals surface area contributed by atoms with Crippen LogP contribution in [0.1, 0.15) is 15.9 Å². The minimum atomic E-state index is -0.187. The summed E-state index contributed by atoms with van der Waals surface area (Å²) < 4.78 is 0. The number of benzene rings is 2. The van der Waals surface area contributed by atoms with E-state index in [0.717, 1.165) is 10.5 Å². The van der Waals surface area contributed by atoms with Gasteiger partial charge < -0.3 is 9.80 Å². The van der Waals surface area contributed by atoms with Gasteiger partial charge in [0.2, 0.25) is 5.91 Å². The van der Waals surface area contributed by atoms with E-state index < -0.39 is 0 Å². The molecule has 0 aliphatic rings. The first-order valence-electron chi connectivity index (χ1n) is 7.90. The van der Waals surface area contributed by atoms with E-state index in [1.807, 2.05) is 24.3 Å². The van der Waals surface area contributed by atoms with E-state index >= 15 is 0 Å². The molecule has 2 aromatic rings. The summed E-state index contributed by atoms with van der Waals surface area (Å²) in [6, 6.07) is 12.7. The van der Waals surface area contributed by atoms with Crippen molar-refractivity contribution in [3.05, 3.63) is 63.6 Å². The number of likely N-dealkylation sites (N-methyl/N-ethyl adjacent to an activating group) is 2. The van der Waals surface area contributed by atoms with Gasteiger partial charge in [0.15, 0.2) is 0 Å². The Hall–Kier alpha value is -1.69. The van der Waals surface area contributed by atoms with E-state index in [1.165, 1.54) is 9.80 Å². The lowest BCUT2D eigenvalue weighted by molar-refractivity contribution is -0.129. The highest BCUT2D eigenvalue weighted by molar-refractivity contribution is 7.98. The van der Waals surface area contributed by atoms with E-state index in [4.69, 9.17) is 23.2 Å². The zero-order valence-corrected chi connectivity index (χ0v) is 17.2. The molecule has 26 heavy (non-hydrogen) atoms. The standard InChI is InChI=1S/C19H20Cl2N2O2S/c1-22(2)18(24)11-23(3)19(25)14-6-4-5-13(9-14)12-26-17-10-15(20)7-8-16(17)21/h4-10H,11-12H2,1-3H3. The number of rotatable bonds is 6. The summed E-state index contributed by atoms with van der Waals surface area (Å²) in [5.74, 6) is 0.345. The summed E-state index contributed by atoms with van der Waals surface area (Å²) in [7, 11) is 4.95. The molecule has 2 rings (SSSR count). The van der Waals surface area contributed by atoms with E-state index in [0.29, 0.717) is 21.4 Å². The van der Waals surface area contributed by atoms with Crippen molar-refractivity contribution in [2.45, 2.75) is 10.6 Å². The van der Waals surface area contributed by atoms with Crippen LogP contribution in [0.15, 0.2) is 47.4 Å². The number of thioether (sulfide) groups is 1. The normalized spacial score (nSPS) is 10.5. The van der Waals surface area contributed by atoms with Crippen molar-refractivity contribution >= 4 is 46.8 Å². The molecule has 0 bridgehead atoms. The Kier molecular flexibility index (Phi) is 7.38. The van der Waals surface area contributed by atoms with Crippen molar-refractivity contribution in [3.8, 4) is 0 Å². The van der Waals surface area contributed by atoms with Gasteiger partial charge in [0, 0.05) is 42.4 Å². The fourth-order valence-corrected chi connectivity index (χ4v) is 3.62. The molecule has 0 aliphatic heterocycles. The predicted molar refractivity (Wildman–Crippen MR) is 108 cm³/mol. The summed E-state index contributed by atoms with van der Waals surface area (Å²) in [5, 5.41) is 1.28. The number of nitrogens with zero attached hydrogens (tertiary/aromatic N) is 2. The number of hydrogen-bond acceptors (Lipinski definition) is 3. The Labute approximate surface area is 168 Å². The fraction of sp³-hybridized carbons (Fsp3) is 0.263. The van der Waals surface area contributed by atoms with Crippen LogP contribution in [0.2, 0.25) is 10.0 Å². The smallest absolute Gasteiger partial charge is 0.254 e. The predicted octanol–water partition coefficient (Wildman–Crippen LogP) is 4.45. The Morgan fingerprint density at radius 2 is 1.77 bits per heavy atom. The summed E-state index contributed by atoms with van der Waals surface area (Å²) in [6.07, 6.45) is 0. The highest BCUT2D eigenvalue weighted by atomic mass is 35.5. The van der Waals surface area contributed by atoms with E-state index in [2.05, 4.69) is 0 Å². The number of amides is 2. The molecule has 7 heteroatoms. The largest absolute Gasteiger partial charge is 0.347 e. The van der Waals surface area contributed by atoms with Crippen molar-refractivity contribution < 1.29 is 9.59 Å². The Balaban J connectivity index is 2.06. The van der Waals surface area contributed by atoms with Gasteiger partial charge in [0.05, 0.1) is 11.6 Å². The van der Waals surface area contributed by atoms with Crippen molar-refractivity contribution in [2.75, 3.05) is 27.7 Å². The number of carbonyl (C=O) groups is 2. The zero-order valence-electron chi connectivity index (χ0n) is 14.8. The lowest BCUT2D eigenvalue weighted by atomic mass is 10.1. The van der Waals surface area contributed by atoms with Gasteiger partial charge in [-0.25, -0.2) is 0 Å². The van der Waals surface area contributed by atoms with Crippen LogP contribution < -0.4 is 0 Å². The Morgan fingerprint density at radius 3 is 2.46 bits per heavy atom. The maximum Gasteiger partial charge on any atom is 0.254 e. The Bertz CT molecular complexity index is 812. The van der Waals surface area contributed by atoms with E-state index in [-0.39, 0.29) is 18.4 Å². The SMILES string of the molecule is CN(C)C(=O)CN(C)C(=O)c1cccc(CSc2cc(Cl)ccc2Cl)c1. The average molecular weight is 411 g/mol. The third-order valence-electron chi connectivity index (χ3n) is 3.68. The minimum Gasteiger partial charge on any atom is -0.347 e. The molecule has 0 aromatic heterocycles. The van der Waals surface area contributed by atoms with Gasteiger partial charge >= 0.3 is 0 Å². The maximum absolute atomic E-state index is 12.5. The number of carbonyl (C=O) groups excluding carboxylic acids is 2. The van der Waals surface area contributed by atoms with Gasteiger partial charge in [-0.1, -0.05) is 35.3 Å². The molecule has 0 fully saturated rings. The first-order valence-corrected chi connectivity index (χ1v) is 9.64. The van der Waals surface area contributed by atoms with Gasteiger partial charge in [0.1, 0.15) is 0 Å². The second kappa shape index (κ2) is 9.31. The van der Waals surface area contributed by atoms with Crippen LogP contribution >= 0.6 is 35.0 Å². The summed E-state index contributed by atoms with van der Waals surface area (Å²) >= 11 is 13.7. The molecule has 138 valence electrons. The second-order valence-electron chi connectivity index (χ2n) is 6.01. The minimum absolute atomic E-state index is 0.0446. The van der Waals surface area contributed by atoms with Gasteiger partial charge in [-0.15, -0.1) is 11.8 Å². The quantitative estimate of drug-likeness (QED) is 0.660. The third kappa shape index (κ3) is 5.66. The summed E-state index contributed by atoms with van der Waals surface area (Å²) in [6.45, 7) is 0.0446. The van der Waals surface area contributed by atoms with Crippen LogP contribution in [0.25, 0.3) is 0 Å². The van der Waals surface area contributed by atoms with E-state index in [9.17, 15) is 9.59 Å². The molecule has 0 saturated carbocycles. The first-order chi connectivity index (χ1) is 12.3. The number of hydrogen-bond donors (Lipinski definition) is 0. The fourth-order valence-electron chi connectivity index (χ4n) is 2.18.